The van der Waals surface area contributed by atoms with Crippen LogP contribution in [-0.4, -0.2) is 52.3 Å². The van der Waals surface area contributed by atoms with Gasteiger partial charge in [0.05, 0.1) is 5.69 Å². The van der Waals surface area contributed by atoms with E-state index in [1.165, 1.54) is 0 Å². The van der Waals surface area contributed by atoms with Crippen LogP contribution in [0.2, 0.25) is 0 Å². The van der Waals surface area contributed by atoms with Crippen LogP contribution in [0.25, 0.3) is 0 Å². The number of hydrogen-bond donors (Lipinski definition) is 2. The fourth-order valence-corrected chi connectivity index (χ4v) is 4.56. The molecule has 0 spiro atoms. The number of aliphatic imine (C=N–C) groups is 1. The molecule has 1 aromatic rings. The maximum Gasteiger partial charge on any atom is 0.245 e. The second-order valence-corrected chi connectivity index (χ2v) is 9.90. The molecule has 1 unspecified atom stereocenters. The first-order chi connectivity index (χ1) is 14.7. The number of aryl methyl sites for hydroxylation is 1. The van der Waals surface area contributed by atoms with E-state index in [1.54, 1.807) is 6.08 Å². The Morgan fingerprint density at radius 3 is 2.52 bits per heavy atom. The zero-order valence-corrected chi connectivity index (χ0v) is 19.0. The number of fused-ring (bicyclic) bond motifs is 1. The molecular weight excluding hydrogens is 390 g/mol. The van der Waals surface area contributed by atoms with Crippen molar-refractivity contribution in [3.05, 3.63) is 23.0 Å². The number of hydrogen-bond acceptors (Lipinski definition) is 6. The van der Waals surface area contributed by atoms with E-state index in [0.29, 0.717) is 23.3 Å². The molecule has 3 heterocycles. The van der Waals surface area contributed by atoms with E-state index < -0.39 is 0 Å². The van der Waals surface area contributed by atoms with Gasteiger partial charge in [-0.05, 0) is 51.0 Å². The molecule has 0 radical (unpaired) electrons. The van der Waals surface area contributed by atoms with E-state index >= 15 is 0 Å². The fraction of sp³-hybridized carbons (Fsp3) is 0.652. The van der Waals surface area contributed by atoms with Crippen LogP contribution in [0.1, 0.15) is 64.1 Å². The summed E-state index contributed by atoms with van der Waals surface area (Å²) < 4.78 is 0. The number of aromatic nitrogens is 2. The minimum Gasteiger partial charge on any atom is -0.401 e. The Kier molecular flexibility index (Phi) is 5.90. The zero-order chi connectivity index (χ0) is 22.2. The standard InChI is InChI=1S/C23H35N7O/c1-23(2,3)18(24)14-19(25)27-20-15-8-6-9-16(15)26-22(28-20)30-13-7-10-17(30)21(31)29-11-4-5-12-29/h14,17H,4-13,24H2,1-3H3,(H2,25,26,27,28)/b18-14-. The van der Waals surface area contributed by atoms with Gasteiger partial charge in [0, 0.05) is 36.3 Å². The summed E-state index contributed by atoms with van der Waals surface area (Å²) in [6, 6.07) is -0.178. The number of amidine groups is 1. The van der Waals surface area contributed by atoms with E-state index in [9.17, 15) is 4.79 Å². The van der Waals surface area contributed by atoms with E-state index in [0.717, 1.165) is 75.8 Å². The lowest BCUT2D eigenvalue weighted by Crippen LogP contribution is -2.45. The third-order valence-corrected chi connectivity index (χ3v) is 6.52. The monoisotopic (exact) mass is 425 g/mol. The summed E-state index contributed by atoms with van der Waals surface area (Å²) in [7, 11) is 0. The molecular formula is C23H35N7O. The predicted octanol–water partition coefficient (Wildman–Crippen LogP) is 2.43. The summed E-state index contributed by atoms with van der Waals surface area (Å²) in [6.07, 6.45) is 8.57. The highest BCUT2D eigenvalue weighted by Gasteiger charge is 2.37. The van der Waals surface area contributed by atoms with Crippen LogP contribution in [0.15, 0.2) is 16.8 Å². The Morgan fingerprint density at radius 1 is 1.06 bits per heavy atom. The van der Waals surface area contributed by atoms with Gasteiger partial charge in [-0.3, -0.25) is 4.79 Å². The van der Waals surface area contributed by atoms with Gasteiger partial charge in [-0.25, -0.2) is 9.98 Å². The van der Waals surface area contributed by atoms with Gasteiger partial charge in [0.15, 0.2) is 5.82 Å². The molecule has 31 heavy (non-hydrogen) atoms. The van der Waals surface area contributed by atoms with Gasteiger partial charge in [0.25, 0.3) is 0 Å². The average molecular weight is 426 g/mol. The predicted molar refractivity (Wildman–Crippen MR) is 123 cm³/mol. The average Bonchev–Trinajstić information content (AvgIpc) is 3.47. The van der Waals surface area contributed by atoms with E-state index in [-0.39, 0.29) is 17.4 Å². The zero-order valence-electron chi connectivity index (χ0n) is 19.0. The van der Waals surface area contributed by atoms with E-state index in [1.807, 2.05) is 25.7 Å². The third-order valence-electron chi connectivity index (χ3n) is 6.52. The Morgan fingerprint density at radius 2 is 1.81 bits per heavy atom. The van der Waals surface area contributed by atoms with Gasteiger partial charge in [-0.1, -0.05) is 20.8 Å². The molecule has 2 aliphatic heterocycles. The minimum atomic E-state index is -0.183. The number of allylic oxidation sites excluding steroid dienone is 1. The van der Waals surface area contributed by atoms with Crippen LogP contribution in [-0.2, 0) is 17.6 Å². The summed E-state index contributed by atoms with van der Waals surface area (Å²) in [4.78, 5) is 31.5. The fourth-order valence-electron chi connectivity index (χ4n) is 4.56. The third kappa shape index (κ3) is 4.52. The van der Waals surface area contributed by atoms with Crippen molar-refractivity contribution in [1.82, 2.24) is 14.9 Å². The SMILES string of the molecule is CC(C)(C)/C(N)=C/C(N)=Nc1nc(N2CCCC2C(=O)N2CCCC2)nc2c1CCC2. The summed E-state index contributed by atoms with van der Waals surface area (Å²) in [6.45, 7) is 8.63. The minimum absolute atomic E-state index is 0.178. The first-order valence-electron chi connectivity index (χ1n) is 11.5. The molecule has 2 fully saturated rings. The smallest absolute Gasteiger partial charge is 0.245 e. The number of rotatable bonds is 4. The Labute approximate surface area is 184 Å². The number of likely N-dealkylation sites (tertiary alicyclic amines) is 1. The van der Waals surface area contributed by atoms with E-state index in [4.69, 9.17) is 21.4 Å². The van der Waals surface area contributed by atoms with Crippen molar-refractivity contribution in [2.24, 2.45) is 21.9 Å². The van der Waals surface area contributed by atoms with Crippen molar-refractivity contribution in [2.75, 3.05) is 24.5 Å². The lowest BCUT2D eigenvalue weighted by molar-refractivity contribution is -0.131. The molecule has 2 saturated heterocycles. The van der Waals surface area contributed by atoms with Gasteiger partial charge in [-0.2, -0.15) is 4.98 Å². The summed E-state index contributed by atoms with van der Waals surface area (Å²) in [5, 5.41) is 0. The van der Waals surface area contributed by atoms with Crippen LogP contribution in [0.5, 0.6) is 0 Å². The molecule has 8 nitrogen and oxygen atoms in total. The van der Waals surface area contributed by atoms with Crippen molar-refractivity contribution in [1.29, 1.82) is 0 Å². The van der Waals surface area contributed by atoms with Gasteiger partial charge < -0.3 is 21.3 Å². The highest BCUT2D eigenvalue weighted by molar-refractivity contribution is 5.94. The number of carbonyl (C=O) groups is 1. The summed E-state index contributed by atoms with van der Waals surface area (Å²) in [5.41, 5.74) is 15.0. The van der Waals surface area contributed by atoms with Crippen molar-refractivity contribution >= 4 is 23.5 Å². The maximum atomic E-state index is 13.1. The quantitative estimate of drug-likeness (QED) is 0.566. The molecule has 1 atom stereocenters. The largest absolute Gasteiger partial charge is 0.401 e. The lowest BCUT2D eigenvalue weighted by atomic mass is 9.92. The Balaban J connectivity index is 1.65. The first-order valence-corrected chi connectivity index (χ1v) is 11.5. The maximum absolute atomic E-state index is 13.1. The molecule has 1 aromatic heterocycles. The van der Waals surface area contributed by atoms with Crippen LogP contribution >= 0.6 is 0 Å². The van der Waals surface area contributed by atoms with Gasteiger partial charge in [0.2, 0.25) is 11.9 Å². The number of carbonyl (C=O) groups excluding carboxylic acids is 1. The molecule has 0 aromatic carbocycles. The molecule has 4 rings (SSSR count). The van der Waals surface area contributed by atoms with Crippen LogP contribution in [0.4, 0.5) is 11.8 Å². The van der Waals surface area contributed by atoms with Gasteiger partial charge >= 0.3 is 0 Å². The molecule has 3 aliphatic rings. The Hall–Kier alpha value is -2.64. The van der Waals surface area contributed by atoms with Crippen molar-refractivity contribution < 1.29 is 4.79 Å². The molecule has 8 heteroatoms. The number of amides is 1. The lowest BCUT2D eigenvalue weighted by Gasteiger charge is -2.28. The molecule has 168 valence electrons. The van der Waals surface area contributed by atoms with Crippen LogP contribution in [0, 0.1) is 5.41 Å². The molecule has 1 aliphatic carbocycles. The first kappa shape index (κ1) is 21.6. The normalized spacial score (nSPS) is 22.4. The number of anilines is 1. The summed E-state index contributed by atoms with van der Waals surface area (Å²) >= 11 is 0. The topological polar surface area (TPSA) is 114 Å². The highest BCUT2D eigenvalue weighted by atomic mass is 16.2. The number of nitrogens with zero attached hydrogens (tertiary/aromatic N) is 5. The van der Waals surface area contributed by atoms with Crippen molar-refractivity contribution in [3.63, 3.8) is 0 Å². The van der Waals surface area contributed by atoms with Crippen molar-refractivity contribution in [3.8, 4) is 0 Å². The van der Waals surface area contributed by atoms with Gasteiger partial charge in [-0.15, -0.1) is 0 Å². The molecule has 4 N–H and O–H groups in total. The molecule has 1 amide bonds. The number of nitrogens with two attached hydrogens (primary N) is 2. The van der Waals surface area contributed by atoms with Crippen LogP contribution in [0.3, 0.4) is 0 Å². The second-order valence-electron chi connectivity index (χ2n) is 9.90. The molecule has 0 bridgehead atoms. The van der Waals surface area contributed by atoms with E-state index in [2.05, 4.69) is 9.89 Å². The molecule has 0 saturated carbocycles. The van der Waals surface area contributed by atoms with Crippen molar-refractivity contribution in [2.45, 2.75) is 71.8 Å². The second kappa shape index (κ2) is 8.48. The summed E-state index contributed by atoms with van der Waals surface area (Å²) in [5.74, 6) is 1.78. The Bertz CT molecular complexity index is 909. The van der Waals surface area contributed by atoms with Crippen LogP contribution < -0.4 is 16.4 Å². The van der Waals surface area contributed by atoms with Gasteiger partial charge in [0.1, 0.15) is 11.9 Å². The highest BCUT2D eigenvalue weighted by Crippen LogP contribution is 2.33.